The predicted molar refractivity (Wildman–Crippen MR) is 129 cm³/mol. The standard InChI is InChI=1S/C21H31ClN6O2.C2H6/c1-21(2,29)18-12-28(17(13-30-18)11-14-3-5-15(22)6-4-14)16-7-9-27(10-8-16)20-24-19(23)25-26-20;1-2/h3-6,16-18,29H,7-13H2,1-2H3,(H3,23,24,25,26);1-2H3/t17-,18?;/m0./s1. The number of benzene rings is 1. The zero-order chi connectivity index (χ0) is 23.3. The lowest BCUT2D eigenvalue weighted by atomic mass is 9.92. The Bertz CT molecular complexity index is 830. The van der Waals surface area contributed by atoms with Crippen LogP contribution in [0.25, 0.3) is 0 Å². The predicted octanol–water partition coefficient (Wildman–Crippen LogP) is 3.12. The molecule has 0 saturated carbocycles. The van der Waals surface area contributed by atoms with Crippen LogP contribution in [0.2, 0.25) is 5.02 Å². The number of morpholine rings is 1. The first kappa shape index (κ1) is 24.8. The lowest BCUT2D eigenvalue weighted by Gasteiger charge is -2.48. The number of nitrogens with two attached hydrogens (primary N) is 1. The number of piperidine rings is 1. The summed E-state index contributed by atoms with van der Waals surface area (Å²) in [7, 11) is 0. The van der Waals surface area contributed by atoms with Gasteiger partial charge in [-0.3, -0.25) is 4.90 Å². The van der Waals surface area contributed by atoms with Gasteiger partial charge in [0.2, 0.25) is 11.9 Å². The summed E-state index contributed by atoms with van der Waals surface area (Å²) in [6.45, 7) is 10.7. The average molecular weight is 465 g/mol. The van der Waals surface area contributed by atoms with Gasteiger partial charge in [-0.25, -0.2) is 5.10 Å². The van der Waals surface area contributed by atoms with Gasteiger partial charge in [-0.05, 0) is 50.8 Å². The van der Waals surface area contributed by atoms with Gasteiger partial charge in [0.25, 0.3) is 0 Å². The molecule has 3 heterocycles. The number of aliphatic hydroxyl groups is 1. The third-order valence-corrected chi connectivity index (χ3v) is 6.47. The quantitative estimate of drug-likeness (QED) is 0.624. The van der Waals surface area contributed by atoms with Gasteiger partial charge >= 0.3 is 0 Å². The molecule has 9 heteroatoms. The molecule has 2 aliphatic rings. The number of ether oxygens (including phenoxy) is 1. The van der Waals surface area contributed by atoms with E-state index in [1.165, 1.54) is 5.56 Å². The van der Waals surface area contributed by atoms with E-state index in [1.54, 1.807) is 0 Å². The highest BCUT2D eigenvalue weighted by Gasteiger charge is 2.40. The van der Waals surface area contributed by atoms with Crippen LogP contribution in [0.3, 0.4) is 0 Å². The maximum atomic E-state index is 10.6. The molecule has 1 aromatic heterocycles. The number of aromatic amines is 1. The van der Waals surface area contributed by atoms with E-state index in [2.05, 4.69) is 37.1 Å². The number of halogens is 1. The summed E-state index contributed by atoms with van der Waals surface area (Å²) in [5.41, 5.74) is 6.05. The van der Waals surface area contributed by atoms with Crippen LogP contribution < -0.4 is 10.6 Å². The Hall–Kier alpha value is -1.87. The van der Waals surface area contributed by atoms with Gasteiger partial charge < -0.3 is 20.5 Å². The summed E-state index contributed by atoms with van der Waals surface area (Å²) < 4.78 is 6.10. The number of nitrogen functional groups attached to an aromatic ring is 1. The van der Waals surface area contributed by atoms with Crippen LogP contribution in [0.5, 0.6) is 0 Å². The number of H-pyrrole nitrogens is 1. The van der Waals surface area contributed by atoms with Crippen molar-refractivity contribution in [3.8, 4) is 0 Å². The van der Waals surface area contributed by atoms with E-state index in [-0.39, 0.29) is 12.1 Å². The molecule has 1 aromatic carbocycles. The summed E-state index contributed by atoms with van der Waals surface area (Å²) in [5.74, 6) is 1.01. The van der Waals surface area contributed by atoms with Crippen molar-refractivity contribution in [3.05, 3.63) is 34.9 Å². The Balaban J connectivity index is 0.00000141. The third-order valence-electron chi connectivity index (χ3n) is 6.22. The van der Waals surface area contributed by atoms with E-state index in [0.717, 1.165) is 43.9 Å². The molecule has 4 N–H and O–H groups in total. The summed E-state index contributed by atoms with van der Waals surface area (Å²) in [6.07, 6.45) is 2.70. The highest BCUT2D eigenvalue weighted by Crippen LogP contribution is 2.29. The van der Waals surface area contributed by atoms with Crippen molar-refractivity contribution in [1.29, 1.82) is 0 Å². The van der Waals surface area contributed by atoms with Gasteiger partial charge in [0.1, 0.15) is 0 Å². The second-order valence-electron chi connectivity index (χ2n) is 8.90. The molecule has 0 bridgehead atoms. The summed E-state index contributed by atoms with van der Waals surface area (Å²) in [5, 5.41) is 18.2. The van der Waals surface area contributed by atoms with E-state index in [9.17, 15) is 5.11 Å². The van der Waals surface area contributed by atoms with Crippen LogP contribution in [0.1, 0.15) is 46.1 Å². The SMILES string of the molecule is CC.CC(C)(O)C1CN(C2CCN(c3n[nH]c(N)n3)CC2)[C@@H](Cc2ccc(Cl)cc2)CO1. The van der Waals surface area contributed by atoms with Gasteiger partial charge in [-0.2, -0.15) is 4.98 Å². The van der Waals surface area contributed by atoms with Crippen LogP contribution >= 0.6 is 11.6 Å². The molecule has 0 aliphatic carbocycles. The van der Waals surface area contributed by atoms with Crippen LogP contribution in [0, 0.1) is 0 Å². The molecular weight excluding hydrogens is 428 g/mol. The number of aromatic nitrogens is 3. The first-order valence-electron chi connectivity index (χ1n) is 11.6. The molecule has 32 heavy (non-hydrogen) atoms. The van der Waals surface area contributed by atoms with E-state index in [4.69, 9.17) is 22.1 Å². The largest absolute Gasteiger partial charge is 0.388 e. The van der Waals surface area contributed by atoms with Crippen molar-refractivity contribution >= 4 is 23.5 Å². The molecule has 8 nitrogen and oxygen atoms in total. The van der Waals surface area contributed by atoms with Gasteiger partial charge in [0.15, 0.2) is 0 Å². The Labute approximate surface area is 196 Å². The van der Waals surface area contributed by atoms with E-state index in [0.29, 0.717) is 24.5 Å². The Morgan fingerprint density at radius 3 is 2.44 bits per heavy atom. The van der Waals surface area contributed by atoms with Crippen LogP contribution in [0.15, 0.2) is 24.3 Å². The minimum absolute atomic E-state index is 0.204. The summed E-state index contributed by atoms with van der Waals surface area (Å²) in [6, 6.07) is 8.72. The molecule has 2 fully saturated rings. The van der Waals surface area contributed by atoms with Gasteiger partial charge in [0, 0.05) is 36.7 Å². The monoisotopic (exact) mass is 464 g/mol. The minimum atomic E-state index is -0.874. The van der Waals surface area contributed by atoms with E-state index in [1.807, 2.05) is 39.8 Å². The lowest BCUT2D eigenvalue weighted by molar-refractivity contribution is -0.154. The number of nitrogens with one attached hydrogen (secondary N) is 1. The molecule has 0 radical (unpaired) electrons. The van der Waals surface area contributed by atoms with Crippen molar-refractivity contribution in [3.63, 3.8) is 0 Å². The molecule has 2 atom stereocenters. The van der Waals surface area contributed by atoms with Crippen molar-refractivity contribution in [2.45, 2.75) is 70.7 Å². The van der Waals surface area contributed by atoms with E-state index < -0.39 is 5.60 Å². The number of anilines is 2. The molecule has 1 unspecified atom stereocenters. The maximum Gasteiger partial charge on any atom is 0.246 e. The fraction of sp³-hybridized carbons (Fsp3) is 0.652. The Morgan fingerprint density at radius 2 is 1.88 bits per heavy atom. The molecule has 2 aliphatic heterocycles. The highest BCUT2D eigenvalue weighted by molar-refractivity contribution is 6.30. The van der Waals surface area contributed by atoms with Crippen molar-refractivity contribution < 1.29 is 9.84 Å². The van der Waals surface area contributed by atoms with Crippen LogP contribution in [-0.2, 0) is 11.2 Å². The van der Waals surface area contributed by atoms with Crippen molar-refractivity contribution in [2.24, 2.45) is 0 Å². The molecule has 0 amide bonds. The van der Waals surface area contributed by atoms with E-state index >= 15 is 0 Å². The number of hydrogen-bond acceptors (Lipinski definition) is 7. The second-order valence-corrected chi connectivity index (χ2v) is 9.33. The number of nitrogens with zero attached hydrogens (tertiary/aromatic N) is 4. The lowest BCUT2D eigenvalue weighted by Crippen LogP contribution is -2.61. The summed E-state index contributed by atoms with van der Waals surface area (Å²) in [4.78, 5) is 8.97. The summed E-state index contributed by atoms with van der Waals surface area (Å²) >= 11 is 6.05. The van der Waals surface area contributed by atoms with Crippen molar-refractivity contribution in [2.75, 3.05) is 36.9 Å². The second kappa shape index (κ2) is 10.8. The zero-order valence-corrected chi connectivity index (χ0v) is 20.3. The average Bonchev–Trinajstić information content (AvgIpc) is 3.23. The fourth-order valence-corrected chi connectivity index (χ4v) is 4.59. The number of rotatable bonds is 5. The topological polar surface area (TPSA) is 104 Å². The fourth-order valence-electron chi connectivity index (χ4n) is 4.46. The Kier molecular flexibility index (Phi) is 8.38. The normalized spacial score (nSPS) is 23.0. The van der Waals surface area contributed by atoms with Gasteiger partial charge in [-0.1, -0.05) is 37.6 Å². The van der Waals surface area contributed by atoms with Crippen molar-refractivity contribution in [1.82, 2.24) is 20.1 Å². The Morgan fingerprint density at radius 1 is 1.22 bits per heavy atom. The van der Waals surface area contributed by atoms with Crippen LogP contribution in [-0.4, -0.2) is 75.2 Å². The molecular formula is C23H37ClN6O2. The molecule has 4 rings (SSSR count). The van der Waals surface area contributed by atoms with Gasteiger partial charge in [-0.15, -0.1) is 5.10 Å². The van der Waals surface area contributed by atoms with Gasteiger partial charge in [0.05, 0.1) is 18.3 Å². The molecule has 0 spiro atoms. The van der Waals surface area contributed by atoms with Crippen LogP contribution in [0.4, 0.5) is 11.9 Å². The minimum Gasteiger partial charge on any atom is -0.388 e. The number of hydrogen-bond donors (Lipinski definition) is 3. The first-order valence-corrected chi connectivity index (χ1v) is 11.9. The zero-order valence-electron chi connectivity index (χ0n) is 19.6. The smallest absolute Gasteiger partial charge is 0.246 e. The molecule has 2 saturated heterocycles. The maximum absolute atomic E-state index is 10.6. The molecule has 2 aromatic rings. The first-order chi connectivity index (χ1) is 15.3. The highest BCUT2D eigenvalue weighted by atomic mass is 35.5. The third kappa shape index (κ3) is 6.13. The molecule has 178 valence electrons.